The topological polar surface area (TPSA) is 46.0 Å². The van der Waals surface area contributed by atoms with Gasteiger partial charge in [0.25, 0.3) is 0 Å². The summed E-state index contributed by atoms with van der Waals surface area (Å²) in [7, 11) is 0. The molecule has 0 aliphatic rings. The molecule has 4 aromatic heterocycles. The Kier molecular flexibility index (Phi) is 1.86. The van der Waals surface area contributed by atoms with Crippen molar-refractivity contribution >= 4 is 38.6 Å². The Balaban J connectivity index is 2.10. The van der Waals surface area contributed by atoms with Crippen LogP contribution in [0.1, 0.15) is 5.69 Å². The molecule has 0 unspecified atom stereocenters. The second-order valence-electron chi connectivity index (χ2n) is 5.34. The number of para-hydroxylation sites is 1. The third-order valence-corrected chi connectivity index (χ3v) is 4.16. The number of benzene rings is 1. The highest BCUT2D eigenvalue weighted by atomic mass is 15.1. The second-order valence-corrected chi connectivity index (χ2v) is 5.34. The maximum Gasteiger partial charge on any atom is 0.164 e. The number of pyridine rings is 2. The molecule has 1 aromatic carbocycles. The Labute approximate surface area is 120 Å². The summed E-state index contributed by atoms with van der Waals surface area (Å²) in [5.41, 5.74) is 6.22. The SMILES string of the molecule is Cc1c2[nH]c3ccccc3c2cc2nc3cccnc3n12. The van der Waals surface area contributed by atoms with E-state index in [4.69, 9.17) is 4.98 Å². The molecule has 4 heterocycles. The van der Waals surface area contributed by atoms with Gasteiger partial charge in [0.1, 0.15) is 11.2 Å². The second kappa shape index (κ2) is 3.61. The molecular formula is C17H12N4. The molecule has 4 heteroatoms. The van der Waals surface area contributed by atoms with Crippen LogP contribution in [0.25, 0.3) is 38.6 Å². The zero-order valence-corrected chi connectivity index (χ0v) is 11.5. The summed E-state index contributed by atoms with van der Waals surface area (Å²) in [6.45, 7) is 2.11. The quantitative estimate of drug-likeness (QED) is 0.465. The fraction of sp³-hybridized carbons (Fsp3) is 0.0588. The zero-order valence-electron chi connectivity index (χ0n) is 11.5. The van der Waals surface area contributed by atoms with Crippen LogP contribution in [0.5, 0.6) is 0 Å². The van der Waals surface area contributed by atoms with Gasteiger partial charge >= 0.3 is 0 Å². The van der Waals surface area contributed by atoms with E-state index in [0.29, 0.717) is 0 Å². The van der Waals surface area contributed by atoms with E-state index in [1.807, 2.05) is 18.3 Å². The number of rotatable bonds is 0. The van der Waals surface area contributed by atoms with Gasteiger partial charge in [-0.3, -0.25) is 4.40 Å². The van der Waals surface area contributed by atoms with Crippen molar-refractivity contribution in [3.63, 3.8) is 0 Å². The molecular weight excluding hydrogens is 260 g/mol. The van der Waals surface area contributed by atoms with Gasteiger partial charge in [0.05, 0.1) is 5.52 Å². The minimum absolute atomic E-state index is 0.908. The summed E-state index contributed by atoms with van der Waals surface area (Å²) in [5, 5.41) is 2.45. The van der Waals surface area contributed by atoms with E-state index in [2.05, 4.69) is 51.6 Å². The molecule has 0 saturated heterocycles. The third kappa shape index (κ3) is 1.29. The number of aromatic nitrogens is 4. The van der Waals surface area contributed by atoms with Gasteiger partial charge < -0.3 is 4.98 Å². The lowest BCUT2D eigenvalue weighted by Crippen LogP contribution is -1.93. The molecule has 0 saturated carbocycles. The van der Waals surface area contributed by atoms with E-state index >= 15 is 0 Å². The van der Waals surface area contributed by atoms with Gasteiger partial charge in [-0.1, -0.05) is 18.2 Å². The monoisotopic (exact) mass is 272 g/mol. The zero-order chi connectivity index (χ0) is 14.0. The van der Waals surface area contributed by atoms with E-state index < -0.39 is 0 Å². The first-order valence-electron chi connectivity index (χ1n) is 6.96. The molecule has 4 nitrogen and oxygen atoms in total. The maximum atomic E-state index is 4.70. The Morgan fingerprint density at radius 3 is 2.90 bits per heavy atom. The van der Waals surface area contributed by atoms with Crippen LogP contribution in [0.4, 0.5) is 0 Å². The lowest BCUT2D eigenvalue weighted by molar-refractivity contribution is 1.12. The summed E-state index contributed by atoms with van der Waals surface area (Å²) in [6, 6.07) is 14.4. The van der Waals surface area contributed by atoms with E-state index in [1.54, 1.807) is 0 Å². The van der Waals surface area contributed by atoms with Crippen molar-refractivity contribution in [3.05, 3.63) is 54.4 Å². The van der Waals surface area contributed by atoms with E-state index in [-0.39, 0.29) is 0 Å². The van der Waals surface area contributed by atoms with Gasteiger partial charge in [-0.15, -0.1) is 0 Å². The predicted octanol–water partition coefficient (Wildman–Crippen LogP) is 3.83. The van der Waals surface area contributed by atoms with Crippen LogP contribution in [-0.2, 0) is 0 Å². The number of imidazole rings is 1. The van der Waals surface area contributed by atoms with Gasteiger partial charge in [-0.05, 0) is 31.2 Å². The highest BCUT2D eigenvalue weighted by molar-refractivity contribution is 6.09. The molecule has 21 heavy (non-hydrogen) atoms. The average molecular weight is 272 g/mol. The lowest BCUT2D eigenvalue weighted by Gasteiger charge is -2.02. The number of aromatic amines is 1. The number of aryl methyl sites for hydroxylation is 1. The van der Waals surface area contributed by atoms with Crippen molar-refractivity contribution in [3.8, 4) is 0 Å². The van der Waals surface area contributed by atoms with E-state index in [0.717, 1.165) is 33.5 Å². The smallest absolute Gasteiger partial charge is 0.164 e. The third-order valence-electron chi connectivity index (χ3n) is 4.16. The molecule has 100 valence electrons. The van der Waals surface area contributed by atoms with Crippen LogP contribution in [-0.4, -0.2) is 19.4 Å². The van der Waals surface area contributed by atoms with Crippen molar-refractivity contribution in [2.75, 3.05) is 0 Å². The molecule has 0 aliphatic carbocycles. The van der Waals surface area contributed by atoms with Crippen molar-refractivity contribution in [1.82, 2.24) is 19.4 Å². The van der Waals surface area contributed by atoms with Crippen LogP contribution in [0.2, 0.25) is 0 Å². The number of fused-ring (bicyclic) bond motifs is 6. The summed E-state index contributed by atoms with van der Waals surface area (Å²) in [6.07, 6.45) is 1.81. The number of hydrogen-bond acceptors (Lipinski definition) is 2. The normalized spacial score (nSPS) is 12.0. The first-order chi connectivity index (χ1) is 10.3. The Bertz CT molecular complexity index is 1140. The van der Waals surface area contributed by atoms with Crippen LogP contribution in [0.15, 0.2) is 48.7 Å². The van der Waals surface area contributed by atoms with E-state index in [1.165, 1.54) is 10.8 Å². The molecule has 0 radical (unpaired) electrons. The first kappa shape index (κ1) is 10.9. The molecule has 0 spiro atoms. The molecule has 0 aliphatic heterocycles. The minimum atomic E-state index is 0.908. The fourth-order valence-electron chi connectivity index (χ4n) is 3.20. The molecule has 5 aromatic rings. The maximum absolute atomic E-state index is 4.70. The molecule has 0 amide bonds. The Morgan fingerprint density at radius 2 is 1.95 bits per heavy atom. The standard InChI is InChI=1S/C17H12N4/c1-10-16-12(11-5-2-3-6-13(11)20-16)9-15-19-14-7-4-8-18-17(14)21(10)15/h2-9,20H,1H3. The summed E-state index contributed by atoms with van der Waals surface area (Å²) < 4.78 is 2.12. The van der Waals surface area contributed by atoms with Gasteiger partial charge in [-0.2, -0.15) is 0 Å². The van der Waals surface area contributed by atoms with Crippen molar-refractivity contribution in [2.45, 2.75) is 6.92 Å². The largest absolute Gasteiger partial charge is 0.353 e. The fourth-order valence-corrected chi connectivity index (χ4v) is 3.20. The predicted molar refractivity (Wildman–Crippen MR) is 84.6 cm³/mol. The number of nitrogens with one attached hydrogen (secondary N) is 1. The lowest BCUT2D eigenvalue weighted by atomic mass is 10.1. The number of nitrogens with zero attached hydrogens (tertiary/aromatic N) is 3. The highest BCUT2D eigenvalue weighted by Gasteiger charge is 2.13. The minimum Gasteiger partial charge on any atom is -0.353 e. The average Bonchev–Trinajstić information content (AvgIpc) is 3.06. The summed E-state index contributed by atoms with van der Waals surface area (Å²) >= 11 is 0. The molecule has 1 N–H and O–H groups in total. The molecule has 0 bridgehead atoms. The number of H-pyrrole nitrogens is 1. The van der Waals surface area contributed by atoms with Crippen LogP contribution >= 0.6 is 0 Å². The molecule has 0 fully saturated rings. The molecule has 5 rings (SSSR count). The van der Waals surface area contributed by atoms with Crippen molar-refractivity contribution < 1.29 is 0 Å². The number of hydrogen-bond donors (Lipinski definition) is 1. The van der Waals surface area contributed by atoms with Gasteiger partial charge in [0.15, 0.2) is 5.65 Å². The van der Waals surface area contributed by atoms with Crippen LogP contribution in [0, 0.1) is 6.92 Å². The van der Waals surface area contributed by atoms with Gasteiger partial charge in [-0.25, -0.2) is 9.97 Å². The summed E-state index contributed by atoms with van der Waals surface area (Å²) in [5.74, 6) is 0. The van der Waals surface area contributed by atoms with E-state index in [9.17, 15) is 0 Å². The Hall–Kier alpha value is -2.88. The van der Waals surface area contributed by atoms with Gasteiger partial charge in [0.2, 0.25) is 0 Å². The van der Waals surface area contributed by atoms with Crippen LogP contribution < -0.4 is 0 Å². The highest BCUT2D eigenvalue weighted by Crippen LogP contribution is 2.30. The molecule has 0 atom stereocenters. The van der Waals surface area contributed by atoms with Crippen LogP contribution in [0.3, 0.4) is 0 Å². The van der Waals surface area contributed by atoms with Crippen molar-refractivity contribution in [2.24, 2.45) is 0 Å². The summed E-state index contributed by atoms with van der Waals surface area (Å²) in [4.78, 5) is 12.7. The Morgan fingerprint density at radius 1 is 1.05 bits per heavy atom. The first-order valence-corrected chi connectivity index (χ1v) is 6.96. The van der Waals surface area contributed by atoms with Crippen molar-refractivity contribution in [1.29, 1.82) is 0 Å². The van der Waals surface area contributed by atoms with Gasteiger partial charge in [0, 0.05) is 28.2 Å².